The molecule has 1 fully saturated rings. The van der Waals surface area contributed by atoms with Crippen molar-refractivity contribution in [2.75, 3.05) is 13.7 Å². The standard InChI is InChI=1S/C29H33NO7/c1-5-20(27(32)30-21(15-37-29(30)34)14-19-9-7-6-8-10-19)13-17(2)11-12-22-25(31)24-23(16-36-28(24)33)18(3)26(22)35-4/h6-11,20-21,31H,5,12-16H2,1-4H3/b17-11+/t20?,21-/m0/s1. The summed E-state index contributed by atoms with van der Waals surface area (Å²) < 4.78 is 15.9. The van der Waals surface area contributed by atoms with Crippen molar-refractivity contribution < 1.29 is 33.7 Å². The number of phenolic OH excluding ortho intramolecular Hbond substituents is 1. The largest absolute Gasteiger partial charge is 0.507 e. The van der Waals surface area contributed by atoms with Gasteiger partial charge >= 0.3 is 12.1 Å². The van der Waals surface area contributed by atoms with Gasteiger partial charge in [-0.05, 0) is 50.7 Å². The van der Waals surface area contributed by atoms with Crippen LogP contribution in [0.4, 0.5) is 4.79 Å². The van der Waals surface area contributed by atoms with Gasteiger partial charge < -0.3 is 19.3 Å². The van der Waals surface area contributed by atoms with Crippen LogP contribution in [-0.2, 0) is 33.7 Å². The number of imide groups is 1. The fourth-order valence-corrected chi connectivity index (χ4v) is 5.15. The van der Waals surface area contributed by atoms with E-state index in [1.807, 2.05) is 57.2 Å². The molecule has 8 heteroatoms. The molecule has 0 radical (unpaired) electrons. The van der Waals surface area contributed by atoms with Crippen LogP contribution in [0.15, 0.2) is 42.0 Å². The zero-order valence-electron chi connectivity index (χ0n) is 21.7. The van der Waals surface area contributed by atoms with Gasteiger partial charge in [0.15, 0.2) is 0 Å². The third-order valence-electron chi connectivity index (χ3n) is 7.23. The zero-order chi connectivity index (χ0) is 26.7. The van der Waals surface area contributed by atoms with Crippen LogP contribution in [0.1, 0.15) is 59.3 Å². The minimum Gasteiger partial charge on any atom is -0.507 e. The molecule has 2 atom stereocenters. The highest BCUT2D eigenvalue weighted by Crippen LogP contribution is 2.42. The minimum atomic E-state index is -0.596. The Labute approximate surface area is 216 Å². The summed E-state index contributed by atoms with van der Waals surface area (Å²) in [5.41, 5.74) is 4.06. The van der Waals surface area contributed by atoms with Gasteiger partial charge in [-0.1, -0.05) is 48.9 Å². The molecule has 2 aromatic rings. The summed E-state index contributed by atoms with van der Waals surface area (Å²) in [5, 5.41) is 10.8. The molecule has 1 saturated heterocycles. The molecule has 0 aromatic heterocycles. The Bertz CT molecular complexity index is 1230. The molecule has 2 aliphatic heterocycles. The molecule has 2 amide bonds. The van der Waals surface area contributed by atoms with Crippen molar-refractivity contribution in [2.24, 2.45) is 5.92 Å². The molecule has 37 heavy (non-hydrogen) atoms. The van der Waals surface area contributed by atoms with E-state index < -0.39 is 18.0 Å². The Hall–Kier alpha value is -3.81. The number of benzene rings is 2. The molecule has 196 valence electrons. The van der Waals surface area contributed by atoms with Gasteiger partial charge in [-0.15, -0.1) is 0 Å². The van der Waals surface area contributed by atoms with Gasteiger partial charge in [-0.2, -0.15) is 0 Å². The summed E-state index contributed by atoms with van der Waals surface area (Å²) in [6.45, 7) is 5.98. The summed E-state index contributed by atoms with van der Waals surface area (Å²) >= 11 is 0. The monoisotopic (exact) mass is 507 g/mol. The third kappa shape index (κ3) is 5.19. The third-order valence-corrected chi connectivity index (χ3v) is 7.23. The molecule has 2 aromatic carbocycles. The van der Waals surface area contributed by atoms with E-state index in [9.17, 15) is 19.5 Å². The number of esters is 1. The van der Waals surface area contributed by atoms with Crippen molar-refractivity contribution in [1.29, 1.82) is 0 Å². The van der Waals surface area contributed by atoms with Gasteiger partial charge in [0.2, 0.25) is 5.91 Å². The van der Waals surface area contributed by atoms with Gasteiger partial charge in [-0.25, -0.2) is 14.5 Å². The number of fused-ring (bicyclic) bond motifs is 1. The quantitative estimate of drug-likeness (QED) is 0.381. The van der Waals surface area contributed by atoms with Gasteiger partial charge in [0.25, 0.3) is 0 Å². The second-order valence-corrected chi connectivity index (χ2v) is 9.61. The van der Waals surface area contributed by atoms with E-state index in [4.69, 9.17) is 14.2 Å². The maximum atomic E-state index is 13.4. The van der Waals surface area contributed by atoms with Crippen molar-refractivity contribution in [2.45, 2.75) is 59.1 Å². The smallest absolute Gasteiger partial charge is 0.416 e. The van der Waals surface area contributed by atoms with Gasteiger partial charge in [0.05, 0.1) is 13.2 Å². The number of aromatic hydroxyl groups is 1. The predicted octanol–water partition coefficient (Wildman–Crippen LogP) is 4.87. The van der Waals surface area contributed by atoms with E-state index in [-0.39, 0.29) is 36.5 Å². The van der Waals surface area contributed by atoms with Crippen molar-refractivity contribution in [1.82, 2.24) is 4.90 Å². The number of cyclic esters (lactones) is 2. The molecule has 0 bridgehead atoms. The second-order valence-electron chi connectivity index (χ2n) is 9.61. The van der Waals surface area contributed by atoms with Crippen molar-refractivity contribution in [3.63, 3.8) is 0 Å². The Balaban J connectivity index is 1.50. The van der Waals surface area contributed by atoms with Crippen LogP contribution in [0.5, 0.6) is 11.5 Å². The van der Waals surface area contributed by atoms with Crippen LogP contribution in [0.3, 0.4) is 0 Å². The molecule has 0 saturated carbocycles. The lowest BCUT2D eigenvalue weighted by molar-refractivity contribution is -0.133. The van der Waals surface area contributed by atoms with E-state index >= 15 is 0 Å². The van der Waals surface area contributed by atoms with Crippen LogP contribution in [0.2, 0.25) is 0 Å². The van der Waals surface area contributed by atoms with Gasteiger partial charge in [0.1, 0.15) is 30.3 Å². The maximum Gasteiger partial charge on any atom is 0.416 e. The normalized spacial score (nSPS) is 17.9. The van der Waals surface area contributed by atoms with Crippen molar-refractivity contribution in [3.8, 4) is 11.5 Å². The van der Waals surface area contributed by atoms with Gasteiger partial charge in [0, 0.05) is 17.0 Å². The maximum absolute atomic E-state index is 13.4. The van der Waals surface area contributed by atoms with E-state index in [1.54, 1.807) is 0 Å². The first kappa shape index (κ1) is 26.3. The molecular formula is C29H33NO7. The lowest BCUT2D eigenvalue weighted by Crippen LogP contribution is -2.43. The summed E-state index contributed by atoms with van der Waals surface area (Å²) in [6, 6.07) is 9.40. The topological polar surface area (TPSA) is 102 Å². The number of hydrogen-bond donors (Lipinski definition) is 1. The van der Waals surface area contributed by atoms with Gasteiger partial charge in [-0.3, -0.25) is 4.79 Å². The Kier molecular flexibility index (Phi) is 7.86. The number of carbonyl (C=O) groups excluding carboxylic acids is 3. The van der Waals surface area contributed by atoms with Crippen LogP contribution in [-0.4, -0.2) is 47.7 Å². The zero-order valence-corrected chi connectivity index (χ0v) is 21.7. The number of ether oxygens (including phenoxy) is 3. The summed E-state index contributed by atoms with van der Waals surface area (Å²) in [5.74, 6) is -0.789. The summed E-state index contributed by atoms with van der Waals surface area (Å²) in [7, 11) is 1.53. The summed E-state index contributed by atoms with van der Waals surface area (Å²) in [4.78, 5) is 39.4. The van der Waals surface area contributed by atoms with E-state index in [0.717, 1.165) is 16.7 Å². The lowest BCUT2D eigenvalue weighted by atomic mass is 9.92. The van der Waals surface area contributed by atoms with Crippen LogP contribution >= 0.6 is 0 Å². The average molecular weight is 508 g/mol. The molecule has 2 aliphatic rings. The number of phenols is 1. The molecule has 0 spiro atoms. The number of methoxy groups -OCH3 is 1. The van der Waals surface area contributed by atoms with Crippen LogP contribution in [0, 0.1) is 12.8 Å². The number of allylic oxidation sites excluding steroid dienone is 2. The fraction of sp³-hybridized carbons (Fsp3) is 0.414. The number of amides is 2. The molecule has 1 N–H and O–H groups in total. The number of nitrogens with zero attached hydrogens (tertiary/aromatic N) is 1. The van der Waals surface area contributed by atoms with E-state index in [2.05, 4.69) is 0 Å². The first-order chi connectivity index (χ1) is 17.8. The predicted molar refractivity (Wildman–Crippen MR) is 137 cm³/mol. The Morgan fingerprint density at radius 1 is 1.24 bits per heavy atom. The Morgan fingerprint density at radius 3 is 2.65 bits per heavy atom. The first-order valence-corrected chi connectivity index (χ1v) is 12.5. The molecule has 1 unspecified atom stereocenters. The van der Waals surface area contributed by atoms with Crippen LogP contribution in [0.25, 0.3) is 0 Å². The second kappa shape index (κ2) is 11.1. The number of carbonyl (C=O) groups is 3. The lowest BCUT2D eigenvalue weighted by Gasteiger charge is -2.24. The van der Waals surface area contributed by atoms with Crippen molar-refractivity contribution >= 4 is 18.0 Å². The first-order valence-electron chi connectivity index (χ1n) is 12.5. The molecule has 8 nitrogen and oxygen atoms in total. The van der Waals surface area contributed by atoms with E-state index in [0.29, 0.717) is 42.6 Å². The molecule has 2 heterocycles. The fourth-order valence-electron chi connectivity index (χ4n) is 5.15. The number of rotatable bonds is 9. The molecule has 0 aliphatic carbocycles. The van der Waals surface area contributed by atoms with E-state index in [1.165, 1.54) is 12.0 Å². The number of hydrogen-bond acceptors (Lipinski definition) is 7. The highest BCUT2D eigenvalue weighted by Gasteiger charge is 2.40. The highest BCUT2D eigenvalue weighted by molar-refractivity contribution is 5.98. The average Bonchev–Trinajstić information content (AvgIpc) is 3.46. The minimum absolute atomic E-state index is 0.115. The highest BCUT2D eigenvalue weighted by atomic mass is 16.6. The Morgan fingerprint density at radius 2 is 1.97 bits per heavy atom. The van der Waals surface area contributed by atoms with Crippen LogP contribution < -0.4 is 4.74 Å². The molecular weight excluding hydrogens is 474 g/mol. The molecule has 4 rings (SSSR count). The summed E-state index contributed by atoms with van der Waals surface area (Å²) in [6.07, 6.45) is 3.19. The van der Waals surface area contributed by atoms with Crippen molar-refractivity contribution in [3.05, 3.63) is 69.8 Å². The SMILES string of the molecule is CCC(C/C(C)=C/Cc1c(O)c2c(c(C)c1OC)COC2=O)C(=O)N1C(=O)OC[C@@H]1Cc1ccccc1.